The number of nitrogens with zero attached hydrogens (tertiary/aromatic N) is 2. The Balaban J connectivity index is 2.28. The fourth-order valence-corrected chi connectivity index (χ4v) is 2.10. The molecule has 1 atom stereocenters. The second kappa shape index (κ2) is 4.59. The highest BCUT2D eigenvalue weighted by molar-refractivity contribution is 6.02. The molecule has 0 spiro atoms. The predicted octanol–water partition coefficient (Wildman–Crippen LogP) is -0.418. The summed E-state index contributed by atoms with van der Waals surface area (Å²) in [5.41, 5.74) is 4.42. The normalized spacial score (nSPS) is 23.4. The van der Waals surface area contributed by atoms with Crippen LogP contribution in [0.1, 0.15) is 18.5 Å². The Bertz CT molecular complexity index is 474. The molecule has 0 bridgehead atoms. The molecule has 1 aromatic heterocycles. The molecule has 1 aliphatic heterocycles. The number of hydrogen-bond donors (Lipinski definition) is 3. The van der Waals surface area contributed by atoms with Crippen LogP contribution in [0.3, 0.4) is 0 Å². The van der Waals surface area contributed by atoms with Crippen molar-refractivity contribution in [3.63, 3.8) is 0 Å². The number of nitrogens with one attached hydrogen (secondary N) is 1. The van der Waals surface area contributed by atoms with E-state index in [0.717, 1.165) is 0 Å². The van der Waals surface area contributed by atoms with Crippen molar-refractivity contribution in [1.82, 2.24) is 15.5 Å². The van der Waals surface area contributed by atoms with Gasteiger partial charge in [0.25, 0.3) is 0 Å². The van der Waals surface area contributed by atoms with E-state index in [1.807, 2.05) is 0 Å². The lowest BCUT2D eigenvalue weighted by Gasteiger charge is -2.31. The van der Waals surface area contributed by atoms with Crippen molar-refractivity contribution in [1.29, 1.82) is 0 Å². The third kappa shape index (κ3) is 2.11. The maximum absolute atomic E-state index is 11.9. The molecule has 7 heteroatoms. The summed E-state index contributed by atoms with van der Waals surface area (Å²) in [6, 6.07) is 3.13. The summed E-state index contributed by atoms with van der Waals surface area (Å²) < 4.78 is 0. The molecule has 96 valence electrons. The first-order valence-corrected chi connectivity index (χ1v) is 5.64. The van der Waals surface area contributed by atoms with E-state index < -0.39 is 17.3 Å². The van der Waals surface area contributed by atoms with E-state index in [1.165, 1.54) is 0 Å². The summed E-state index contributed by atoms with van der Waals surface area (Å²) in [6.07, 6.45) is 0.974. The maximum Gasteiger partial charge on any atom is 0.319 e. The zero-order valence-electron chi connectivity index (χ0n) is 9.72. The Hall–Kier alpha value is -2.18. The quantitative estimate of drug-likeness (QED) is 0.627. The van der Waals surface area contributed by atoms with Crippen LogP contribution >= 0.6 is 0 Å². The Morgan fingerprint density at radius 1 is 1.50 bits per heavy atom. The number of rotatable bonds is 3. The van der Waals surface area contributed by atoms with E-state index in [2.05, 4.69) is 15.5 Å². The predicted molar refractivity (Wildman–Crippen MR) is 62.5 cm³/mol. The molecular formula is C11H14N4O3. The fourth-order valence-electron chi connectivity index (χ4n) is 2.10. The first-order chi connectivity index (χ1) is 8.54. The third-order valence-corrected chi connectivity index (χ3v) is 3.13. The van der Waals surface area contributed by atoms with E-state index in [-0.39, 0.29) is 12.2 Å². The maximum atomic E-state index is 11.9. The summed E-state index contributed by atoms with van der Waals surface area (Å²) in [4.78, 5) is 23.3. The van der Waals surface area contributed by atoms with Crippen LogP contribution in [-0.4, -0.2) is 33.7 Å². The number of nitrogen functional groups attached to an aromatic ring is 1. The molecule has 1 amide bonds. The van der Waals surface area contributed by atoms with Gasteiger partial charge in [-0.2, -0.15) is 5.10 Å². The number of aromatic nitrogens is 2. The van der Waals surface area contributed by atoms with Crippen LogP contribution in [0.5, 0.6) is 0 Å². The molecule has 0 radical (unpaired) electrons. The molecule has 0 saturated carbocycles. The van der Waals surface area contributed by atoms with Crippen molar-refractivity contribution in [2.24, 2.45) is 5.41 Å². The average molecular weight is 250 g/mol. The zero-order chi connectivity index (χ0) is 13.2. The fraction of sp³-hybridized carbons (Fsp3) is 0.455. The number of amides is 1. The summed E-state index contributed by atoms with van der Waals surface area (Å²) in [6.45, 7) is 0.515. The number of carbonyl (C=O) groups is 2. The largest absolute Gasteiger partial charge is 0.480 e. The third-order valence-electron chi connectivity index (χ3n) is 3.13. The molecule has 4 N–H and O–H groups in total. The van der Waals surface area contributed by atoms with Crippen LogP contribution in [-0.2, 0) is 16.0 Å². The van der Waals surface area contributed by atoms with E-state index >= 15 is 0 Å². The number of carboxylic acids is 1. The summed E-state index contributed by atoms with van der Waals surface area (Å²) in [7, 11) is 0. The first-order valence-electron chi connectivity index (χ1n) is 5.64. The Morgan fingerprint density at radius 2 is 2.28 bits per heavy atom. The van der Waals surface area contributed by atoms with Crippen LogP contribution in [0.15, 0.2) is 12.1 Å². The molecule has 18 heavy (non-hydrogen) atoms. The van der Waals surface area contributed by atoms with Crippen LogP contribution in [0.4, 0.5) is 5.82 Å². The lowest BCUT2D eigenvalue weighted by molar-refractivity contribution is -0.158. The highest BCUT2D eigenvalue weighted by Gasteiger charge is 2.47. The van der Waals surface area contributed by atoms with Crippen molar-refractivity contribution in [2.45, 2.75) is 19.3 Å². The van der Waals surface area contributed by atoms with E-state index in [9.17, 15) is 14.7 Å². The van der Waals surface area contributed by atoms with Gasteiger partial charge in [-0.05, 0) is 25.0 Å². The number of carbonyl (C=O) groups excluding carboxylic acids is 1. The van der Waals surface area contributed by atoms with Gasteiger partial charge >= 0.3 is 5.97 Å². The Kier molecular flexibility index (Phi) is 3.14. The molecule has 0 aromatic carbocycles. The molecular weight excluding hydrogens is 236 g/mol. The monoisotopic (exact) mass is 250 g/mol. The Labute approximate surface area is 103 Å². The van der Waals surface area contributed by atoms with Crippen molar-refractivity contribution >= 4 is 17.7 Å². The number of nitrogens with two attached hydrogens (primary N) is 1. The minimum atomic E-state index is -1.44. The average Bonchev–Trinajstić information content (AvgIpc) is 2.35. The topological polar surface area (TPSA) is 118 Å². The number of aliphatic carboxylic acids is 1. The van der Waals surface area contributed by atoms with Gasteiger partial charge in [0.05, 0.1) is 5.69 Å². The molecule has 2 heterocycles. The van der Waals surface area contributed by atoms with Crippen LogP contribution in [0.2, 0.25) is 0 Å². The SMILES string of the molecule is Nc1ccc(CC2(C(=O)O)CCCNC2=O)nn1. The zero-order valence-corrected chi connectivity index (χ0v) is 9.72. The summed E-state index contributed by atoms with van der Waals surface area (Å²) in [5.74, 6) is -1.32. The molecule has 1 saturated heterocycles. The molecule has 2 rings (SSSR count). The highest BCUT2D eigenvalue weighted by Crippen LogP contribution is 2.31. The summed E-state index contributed by atoms with van der Waals surface area (Å²) >= 11 is 0. The second-order valence-corrected chi connectivity index (χ2v) is 4.37. The molecule has 7 nitrogen and oxygen atoms in total. The summed E-state index contributed by atoms with van der Waals surface area (Å²) in [5, 5.41) is 19.4. The van der Waals surface area contributed by atoms with Gasteiger partial charge in [0.2, 0.25) is 5.91 Å². The van der Waals surface area contributed by atoms with Gasteiger partial charge in [-0.3, -0.25) is 9.59 Å². The number of hydrogen-bond acceptors (Lipinski definition) is 5. The van der Waals surface area contributed by atoms with Gasteiger partial charge in [-0.1, -0.05) is 0 Å². The van der Waals surface area contributed by atoms with Crippen LogP contribution < -0.4 is 11.1 Å². The minimum absolute atomic E-state index is 0.0292. The highest BCUT2D eigenvalue weighted by atomic mass is 16.4. The van der Waals surface area contributed by atoms with E-state index in [4.69, 9.17) is 5.73 Å². The minimum Gasteiger partial charge on any atom is -0.480 e. The molecule has 1 unspecified atom stereocenters. The standard InChI is InChI=1S/C11H14N4O3/c12-8-3-2-7(14-15-8)6-11(10(17)18)4-1-5-13-9(11)16/h2-3H,1,4-6H2,(H2,12,15)(H,13,16)(H,17,18). The number of piperidine rings is 1. The van der Waals surface area contributed by atoms with Crippen molar-refractivity contribution in [2.75, 3.05) is 12.3 Å². The number of carboxylic acid groups (broad SMARTS) is 1. The van der Waals surface area contributed by atoms with Crippen molar-refractivity contribution < 1.29 is 14.7 Å². The second-order valence-electron chi connectivity index (χ2n) is 4.37. The lowest BCUT2D eigenvalue weighted by atomic mass is 9.76. The van der Waals surface area contributed by atoms with E-state index in [1.54, 1.807) is 12.1 Å². The van der Waals surface area contributed by atoms with Gasteiger partial charge in [-0.15, -0.1) is 5.10 Å². The van der Waals surface area contributed by atoms with Gasteiger partial charge in [-0.25, -0.2) is 0 Å². The molecule has 1 aromatic rings. The smallest absolute Gasteiger partial charge is 0.319 e. The number of anilines is 1. The molecule has 1 fully saturated rings. The van der Waals surface area contributed by atoms with Gasteiger partial charge in [0.1, 0.15) is 5.82 Å². The van der Waals surface area contributed by atoms with Crippen LogP contribution in [0, 0.1) is 5.41 Å². The molecule has 1 aliphatic rings. The van der Waals surface area contributed by atoms with Gasteiger partial charge in [0, 0.05) is 13.0 Å². The van der Waals surface area contributed by atoms with Gasteiger partial charge < -0.3 is 16.2 Å². The van der Waals surface area contributed by atoms with Crippen LogP contribution in [0.25, 0.3) is 0 Å². The first kappa shape index (κ1) is 12.3. The lowest BCUT2D eigenvalue weighted by Crippen LogP contribution is -2.52. The molecule has 0 aliphatic carbocycles. The van der Waals surface area contributed by atoms with Crippen molar-refractivity contribution in [3.05, 3.63) is 17.8 Å². The van der Waals surface area contributed by atoms with Crippen molar-refractivity contribution in [3.8, 4) is 0 Å². The Morgan fingerprint density at radius 3 is 2.83 bits per heavy atom. The van der Waals surface area contributed by atoms with E-state index in [0.29, 0.717) is 25.1 Å². The van der Waals surface area contributed by atoms with Gasteiger partial charge in [0.15, 0.2) is 5.41 Å².